The molecule has 1 aliphatic carbocycles. The molecule has 0 aromatic carbocycles. The summed E-state index contributed by atoms with van der Waals surface area (Å²) in [6.07, 6.45) is 8.83. The average molecular weight is 276 g/mol. The number of hydrogen-bond acceptors (Lipinski definition) is 4. The van der Waals surface area contributed by atoms with Gasteiger partial charge in [-0.1, -0.05) is 20.3 Å². The molecule has 4 nitrogen and oxygen atoms in total. The number of aryl methyl sites for hydroxylation is 1. The highest BCUT2D eigenvalue weighted by Crippen LogP contribution is 2.27. The quantitative estimate of drug-likeness (QED) is 0.811. The van der Waals surface area contributed by atoms with Crippen LogP contribution in [0.4, 0.5) is 5.82 Å². The number of aromatic nitrogens is 2. The predicted octanol–water partition coefficient (Wildman–Crippen LogP) is 2.56. The molecule has 0 spiro atoms. The highest BCUT2D eigenvalue weighted by molar-refractivity contribution is 5.49. The van der Waals surface area contributed by atoms with Crippen LogP contribution in [0.15, 0.2) is 6.33 Å². The molecular formula is C16H28N4. The normalized spacial score (nSPS) is 15.0. The summed E-state index contributed by atoms with van der Waals surface area (Å²) in [6, 6.07) is 0. The molecule has 0 radical (unpaired) electrons. The molecule has 112 valence electrons. The second-order valence-corrected chi connectivity index (χ2v) is 6.17. The van der Waals surface area contributed by atoms with Crippen molar-refractivity contribution in [2.24, 2.45) is 11.7 Å². The Morgan fingerprint density at radius 2 is 2.00 bits per heavy atom. The summed E-state index contributed by atoms with van der Waals surface area (Å²) in [6.45, 7) is 7.30. The summed E-state index contributed by atoms with van der Waals surface area (Å²) in [5.41, 5.74) is 8.35. The second kappa shape index (κ2) is 7.58. The van der Waals surface area contributed by atoms with Gasteiger partial charge in [0.15, 0.2) is 0 Å². The Kier molecular flexibility index (Phi) is 5.77. The summed E-state index contributed by atoms with van der Waals surface area (Å²) in [4.78, 5) is 11.6. The Labute approximate surface area is 122 Å². The van der Waals surface area contributed by atoms with Crippen LogP contribution in [0.5, 0.6) is 0 Å². The van der Waals surface area contributed by atoms with E-state index in [0.717, 1.165) is 38.9 Å². The molecule has 1 heterocycles. The van der Waals surface area contributed by atoms with Gasteiger partial charge in [-0.2, -0.15) is 0 Å². The number of nitrogens with two attached hydrogens (primary N) is 1. The van der Waals surface area contributed by atoms with Gasteiger partial charge in [0.05, 0.1) is 0 Å². The molecule has 0 saturated carbocycles. The average Bonchev–Trinajstić information content (AvgIpc) is 2.68. The molecule has 0 aliphatic heterocycles. The molecule has 2 N–H and O–H groups in total. The van der Waals surface area contributed by atoms with Crippen molar-refractivity contribution in [3.8, 4) is 0 Å². The lowest BCUT2D eigenvalue weighted by Gasteiger charge is -2.28. The first kappa shape index (κ1) is 15.2. The van der Waals surface area contributed by atoms with Gasteiger partial charge in [-0.05, 0) is 44.6 Å². The van der Waals surface area contributed by atoms with Crippen molar-refractivity contribution in [1.82, 2.24) is 9.97 Å². The molecule has 0 unspecified atom stereocenters. The fraction of sp³-hybridized carbons (Fsp3) is 0.750. The molecular weight excluding hydrogens is 248 g/mol. The maximum atomic E-state index is 5.69. The van der Waals surface area contributed by atoms with Gasteiger partial charge >= 0.3 is 0 Å². The number of fused-ring (bicyclic) bond motifs is 1. The van der Waals surface area contributed by atoms with Crippen LogP contribution < -0.4 is 10.6 Å². The van der Waals surface area contributed by atoms with Gasteiger partial charge in [-0.3, -0.25) is 0 Å². The van der Waals surface area contributed by atoms with E-state index in [0.29, 0.717) is 5.92 Å². The van der Waals surface area contributed by atoms with Crippen molar-refractivity contribution in [2.45, 2.75) is 52.4 Å². The lowest BCUT2D eigenvalue weighted by molar-refractivity contribution is 0.593. The van der Waals surface area contributed by atoms with Crippen molar-refractivity contribution < 1.29 is 0 Å². The predicted molar refractivity (Wildman–Crippen MR) is 84.0 cm³/mol. The smallest absolute Gasteiger partial charge is 0.135 e. The van der Waals surface area contributed by atoms with E-state index in [2.05, 4.69) is 28.7 Å². The summed E-state index contributed by atoms with van der Waals surface area (Å²) in [5.74, 6) is 1.79. The number of nitrogens with zero attached hydrogens (tertiary/aromatic N) is 3. The molecule has 4 heteroatoms. The van der Waals surface area contributed by atoms with Crippen LogP contribution >= 0.6 is 0 Å². The third-order valence-corrected chi connectivity index (χ3v) is 3.87. The summed E-state index contributed by atoms with van der Waals surface area (Å²) in [5, 5.41) is 0. The SMILES string of the molecule is CC(C)CN(CCCN)c1ncnc2c1CCCCC2. The van der Waals surface area contributed by atoms with Crippen molar-refractivity contribution in [1.29, 1.82) is 0 Å². The molecule has 1 aromatic rings. The van der Waals surface area contributed by atoms with Crippen molar-refractivity contribution in [2.75, 3.05) is 24.5 Å². The fourth-order valence-electron chi connectivity index (χ4n) is 2.96. The Balaban J connectivity index is 2.26. The fourth-order valence-corrected chi connectivity index (χ4v) is 2.96. The Morgan fingerprint density at radius 3 is 2.75 bits per heavy atom. The van der Waals surface area contributed by atoms with E-state index in [9.17, 15) is 0 Å². The van der Waals surface area contributed by atoms with E-state index in [4.69, 9.17) is 5.73 Å². The van der Waals surface area contributed by atoms with Gasteiger partial charge in [0.1, 0.15) is 12.1 Å². The Morgan fingerprint density at radius 1 is 1.20 bits per heavy atom. The Hall–Kier alpha value is -1.16. The molecule has 20 heavy (non-hydrogen) atoms. The first-order chi connectivity index (χ1) is 9.72. The minimum atomic E-state index is 0.629. The molecule has 0 bridgehead atoms. The van der Waals surface area contributed by atoms with Crippen LogP contribution in [0.3, 0.4) is 0 Å². The number of anilines is 1. The van der Waals surface area contributed by atoms with Gasteiger partial charge in [-0.25, -0.2) is 9.97 Å². The lowest BCUT2D eigenvalue weighted by Crippen LogP contribution is -2.32. The second-order valence-electron chi connectivity index (χ2n) is 6.17. The van der Waals surface area contributed by atoms with E-state index in [1.54, 1.807) is 6.33 Å². The molecule has 0 fully saturated rings. The zero-order chi connectivity index (χ0) is 14.4. The van der Waals surface area contributed by atoms with Gasteiger partial charge in [0.25, 0.3) is 0 Å². The highest BCUT2D eigenvalue weighted by Gasteiger charge is 2.19. The first-order valence-corrected chi connectivity index (χ1v) is 8.00. The summed E-state index contributed by atoms with van der Waals surface area (Å²) in [7, 11) is 0. The topological polar surface area (TPSA) is 55.0 Å². The highest BCUT2D eigenvalue weighted by atomic mass is 15.2. The maximum absolute atomic E-state index is 5.69. The van der Waals surface area contributed by atoms with Gasteiger partial charge < -0.3 is 10.6 Å². The summed E-state index contributed by atoms with van der Waals surface area (Å²) >= 11 is 0. The third-order valence-electron chi connectivity index (χ3n) is 3.87. The zero-order valence-electron chi connectivity index (χ0n) is 12.9. The standard InChI is InChI=1S/C16H28N4/c1-13(2)11-20(10-6-9-17)16-14-7-4-3-5-8-15(14)18-12-19-16/h12-13H,3-11,17H2,1-2H3. The van der Waals surface area contributed by atoms with Crippen LogP contribution in [-0.4, -0.2) is 29.6 Å². The van der Waals surface area contributed by atoms with E-state index in [1.807, 2.05) is 0 Å². The van der Waals surface area contributed by atoms with Crippen molar-refractivity contribution in [3.63, 3.8) is 0 Å². The number of rotatable bonds is 6. The van der Waals surface area contributed by atoms with Gasteiger partial charge in [0.2, 0.25) is 0 Å². The van der Waals surface area contributed by atoms with Crippen molar-refractivity contribution in [3.05, 3.63) is 17.6 Å². The molecule has 1 aliphatic rings. The van der Waals surface area contributed by atoms with Gasteiger partial charge in [0, 0.05) is 24.3 Å². The lowest BCUT2D eigenvalue weighted by atomic mass is 10.1. The van der Waals surface area contributed by atoms with Crippen molar-refractivity contribution >= 4 is 5.82 Å². The van der Waals surface area contributed by atoms with Crippen LogP contribution in [0.25, 0.3) is 0 Å². The van der Waals surface area contributed by atoms with Crippen LogP contribution in [-0.2, 0) is 12.8 Å². The van der Waals surface area contributed by atoms with E-state index in [1.165, 1.54) is 36.3 Å². The molecule has 0 atom stereocenters. The van der Waals surface area contributed by atoms with Crippen LogP contribution in [0.2, 0.25) is 0 Å². The minimum absolute atomic E-state index is 0.629. The first-order valence-electron chi connectivity index (χ1n) is 8.00. The molecule has 1 aromatic heterocycles. The largest absolute Gasteiger partial charge is 0.356 e. The maximum Gasteiger partial charge on any atom is 0.135 e. The molecule has 0 saturated heterocycles. The van der Waals surface area contributed by atoms with Crippen LogP contribution in [0, 0.1) is 5.92 Å². The van der Waals surface area contributed by atoms with E-state index >= 15 is 0 Å². The summed E-state index contributed by atoms with van der Waals surface area (Å²) < 4.78 is 0. The van der Waals surface area contributed by atoms with Gasteiger partial charge in [-0.15, -0.1) is 0 Å². The van der Waals surface area contributed by atoms with E-state index < -0.39 is 0 Å². The number of hydrogen-bond donors (Lipinski definition) is 1. The zero-order valence-corrected chi connectivity index (χ0v) is 12.9. The third kappa shape index (κ3) is 3.92. The monoisotopic (exact) mass is 276 g/mol. The molecule has 0 amide bonds. The Bertz CT molecular complexity index is 417. The minimum Gasteiger partial charge on any atom is -0.356 e. The molecule has 2 rings (SSSR count). The van der Waals surface area contributed by atoms with E-state index in [-0.39, 0.29) is 0 Å². The van der Waals surface area contributed by atoms with Crippen LogP contribution in [0.1, 0.15) is 50.8 Å².